The van der Waals surface area contributed by atoms with Crippen LogP contribution in [-0.2, 0) is 4.79 Å². The van der Waals surface area contributed by atoms with E-state index in [2.05, 4.69) is 5.32 Å². The molecule has 5 heteroatoms. The molecule has 104 valence electrons. The number of nitrogens with one attached hydrogen (secondary N) is 1. The molecule has 19 heavy (non-hydrogen) atoms. The Bertz CT molecular complexity index is 477. The number of rotatable bonds is 3. The van der Waals surface area contributed by atoms with E-state index in [1.165, 1.54) is 13.0 Å². The van der Waals surface area contributed by atoms with E-state index in [1.54, 1.807) is 19.1 Å². The van der Waals surface area contributed by atoms with Crippen molar-refractivity contribution in [2.24, 2.45) is 0 Å². The number of carbonyl (C=O) groups is 1. The smallest absolute Gasteiger partial charge is 0.217 e. The normalized spacial score (nSPS) is 20.4. The Morgan fingerprint density at radius 1 is 1.58 bits per heavy atom. The van der Waals surface area contributed by atoms with E-state index >= 15 is 0 Å². The first kappa shape index (κ1) is 13.8. The number of nitrogens with zero attached hydrogens (tertiary/aromatic N) is 1. The van der Waals surface area contributed by atoms with Crippen LogP contribution in [0.3, 0.4) is 0 Å². The Labute approximate surface area is 112 Å². The molecule has 1 saturated heterocycles. The van der Waals surface area contributed by atoms with Gasteiger partial charge in [0.05, 0.1) is 11.8 Å². The molecule has 0 radical (unpaired) electrons. The largest absolute Gasteiger partial charge is 0.389 e. The van der Waals surface area contributed by atoms with E-state index in [9.17, 15) is 14.3 Å². The molecule has 1 aliphatic heterocycles. The molecule has 0 saturated carbocycles. The summed E-state index contributed by atoms with van der Waals surface area (Å²) in [6.07, 6.45) is 0.145. The number of hydrogen-bond donors (Lipinski definition) is 2. The summed E-state index contributed by atoms with van der Waals surface area (Å²) in [6, 6.07) is 4.86. The maximum atomic E-state index is 14.0. The predicted octanol–water partition coefficient (Wildman–Crippen LogP) is 1.59. The summed E-state index contributed by atoms with van der Waals surface area (Å²) in [5, 5.41) is 12.3. The number of halogens is 1. The number of benzene rings is 1. The van der Waals surface area contributed by atoms with Crippen molar-refractivity contribution in [3.8, 4) is 0 Å². The predicted molar refractivity (Wildman–Crippen MR) is 71.5 cm³/mol. The number of aliphatic hydroxyl groups is 1. The molecule has 0 aliphatic carbocycles. The van der Waals surface area contributed by atoms with Gasteiger partial charge < -0.3 is 15.3 Å². The third kappa shape index (κ3) is 3.23. The number of aliphatic hydroxyl groups excluding tert-OH is 1. The molecule has 0 aromatic heterocycles. The summed E-state index contributed by atoms with van der Waals surface area (Å²) in [6.45, 7) is 4.43. The van der Waals surface area contributed by atoms with Crippen molar-refractivity contribution in [2.45, 2.75) is 32.4 Å². The molecule has 4 nitrogen and oxygen atoms in total. The van der Waals surface area contributed by atoms with Crippen LogP contribution in [0.25, 0.3) is 0 Å². The molecule has 1 fully saturated rings. The van der Waals surface area contributed by atoms with Crippen molar-refractivity contribution in [3.63, 3.8) is 0 Å². The molecule has 1 heterocycles. The minimum Gasteiger partial charge on any atom is -0.389 e. The van der Waals surface area contributed by atoms with Crippen LogP contribution in [0.1, 0.15) is 31.9 Å². The van der Waals surface area contributed by atoms with Gasteiger partial charge in [0.2, 0.25) is 5.91 Å². The second-order valence-corrected chi connectivity index (χ2v) is 5.02. The SMILES string of the molecule is CC(=O)NC1CCN(c2ccc(C(C)O)cc2F)C1. The average molecular weight is 266 g/mol. The molecule has 1 aliphatic rings. The Kier molecular flexibility index (Phi) is 4.04. The number of carbonyl (C=O) groups excluding carboxylic acids is 1. The third-order valence-electron chi connectivity index (χ3n) is 3.39. The molecule has 0 spiro atoms. The highest BCUT2D eigenvalue weighted by Gasteiger charge is 2.25. The fourth-order valence-electron chi connectivity index (χ4n) is 2.42. The molecule has 2 rings (SSSR count). The number of hydrogen-bond acceptors (Lipinski definition) is 3. The molecular formula is C14H19FN2O2. The van der Waals surface area contributed by atoms with Gasteiger partial charge in [-0.15, -0.1) is 0 Å². The fraction of sp³-hybridized carbons (Fsp3) is 0.500. The van der Waals surface area contributed by atoms with E-state index in [4.69, 9.17) is 0 Å². The van der Waals surface area contributed by atoms with E-state index in [0.717, 1.165) is 13.0 Å². The van der Waals surface area contributed by atoms with Crippen molar-refractivity contribution in [1.29, 1.82) is 0 Å². The van der Waals surface area contributed by atoms with Crippen LogP contribution in [0.5, 0.6) is 0 Å². The van der Waals surface area contributed by atoms with Gasteiger partial charge in [-0.1, -0.05) is 6.07 Å². The van der Waals surface area contributed by atoms with Crippen molar-refractivity contribution < 1.29 is 14.3 Å². The second-order valence-electron chi connectivity index (χ2n) is 5.02. The highest BCUT2D eigenvalue weighted by molar-refractivity contribution is 5.73. The van der Waals surface area contributed by atoms with Crippen LogP contribution in [0.2, 0.25) is 0 Å². The van der Waals surface area contributed by atoms with E-state index in [0.29, 0.717) is 17.8 Å². The van der Waals surface area contributed by atoms with E-state index in [1.807, 2.05) is 4.90 Å². The second kappa shape index (κ2) is 5.57. The lowest BCUT2D eigenvalue weighted by molar-refractivity contribution is -0.119. The summed E-state index contributed by atoms with van der Waals surface area (Å²) in [5.74, 6) is -0.390. The number of amides is 1. The highest BCUT2D eigenvalue weighted by Crippen LogP contribution is 2.26. The maximum absolute atomic E-state index is 14.0. The lowest BCUT2D eigenvalue weighted by Crippen LogP contribution is -2.35. The zero-order valence-electron chi connectivity index (χ0n) is 11.2. The summed E-state index contributed by atoms with van der Waals surface area (Å²) in [7, 11) is 0. The lowest BCUT2D eigenvalue weighted by atomic mass is 10.1. The first-order valence-electron chi connectivity index (χ1n) is 6.47. The molecule has 2 unspecified atom stereocenters. The molecule has 1 amide bonds. The summed E-state index contributed by atoms with van der Waals surface area (Å²) < 4.78 is 14.0. The van der Waals surface area contributed by atoms with Gasteiger partial charge in [0, 0.05) is 26.1 Å². The number of anilines is 1. The summed E-state index contributed by atoms with van der Waals surface area (Å²) in [4.78, 5) is 12.9. The van der Waals surface area contributed by atoms with Crippen LogP contribution < -0.4 is 10.2 Å². The van der Waals surface area contributed by atoms with Gasteiger partial charge in [-0.2, -0.15) is 0 Å². The Hall–Kier alpha value is -1.62. The van der Waals surface area contributed by atoms with Crippen LogP contribution in [0.15, 0.2) is 18.2 Å². The van der Waals surface area contributed by atoms with Gasteiger partial charge in [0.1, 0.15) is 5.82 Å². The van der Waals surface area contributed by atoms with Gasteiger partial charge in [0.25, 0.3) is 0 Å². The Morgan fingerprint density at radius 3 is 2.89 bits per heavy atom. The molecule has 2 N–H and O–H groups in total. The third-order valence-corrected chi connectivity index (χ3v) is 3.39. The summed E-state index contributed by atoms with van der Waals surface area (Å²) in [5.41, 5.74) is 1.09. The van der Waals surface area contributed by atoms with Crippen LogP contribution in [0, 0.1) is 5.82 Å². The van der Waals surface area contributed by atoms with Gasteiger partial charge in [0.15, 0.2) is 0 Å². The van der Waals surface area contributed by atoms with E-state index < -0.39 is 6.10 Å². The van der Waals surface area contributed by atoms with Gasteiger partial charge in [-0.05, 0) is 31.0 Å². The highest BCUT2D eigenvalue weighted by atomic mass is 19.1. The first-order valence-corrected chi connectivity index (χ1v) is 6.47. The lowest BCUT2D eigenvalue weighted by Gasteiger charge is -2.20. The summed E-state index contributed by atoms with van der Waals surface area (Å²) >= 11 is 0. The molecule has 1 aromatic rings. The van der Waals surface area contributed by atoms with Gasteiger partial charge in [-0.25, -0.2) is 4.39 Å². The van der Waals surface area contributed by atoms with Crippen LogP contribution in [0.4, 0.5) is 10.1 Å². The molecule has 0 bridgehead atoms. The van der Waals surface area contributed by atoms with Crippen LogP contribution >= 0.6 is 0 Å². The average Bonchev–Trinajstić information content (AvgIpc) is 2.76. The zero-order valence-corrected chi connectivity index (χ0v) is 11.2. The van der Waals surface area contributed by atoms with Crippen molar-refractivity contribution in [1.82, 2.24) is 5.32 Å². The fourth-order valence-corrected chi connectivity index (χ4v) is 2.42. The van der Waals surface area contributed by atoms with Crippen molar-refractivity contribution in [2.75, 3.05) is 18.0 Å². The quantitative estimate of drug-likeness (QED) is 0.873. The van der Waals surface area contributed by atoms with E-state index in [-0.39, 0.29) is 17.8 Å². The van der Waals surface area contributed by atoms with Gasteiger partial charge >= 0.3 is 0 Å². The van der Waals surface area contributed by atoms with Crippen LogP contribution in [-0.4, -0.2) is 30.1 Å². The molecule has 1 aromatic carbocycles. The maximum Gasteiger partial charge on any atom is 0.217 e. The van der Waals surface area contributed by atoms with Crippen molar-refractivity contribution >= 4 is 11.6 Å². The zero-order chi connectivity index (χ0) is 14.0. The Balaban J connectivity index is 2.09. The standard InChI is InChI=1S/C14H19FN2O2/c1-9(18)11-3-4-14(13(15)7-11)17-6-5-12(8-17)16-10(2)19/h3-4,7,9,12,18H,5-6,8H2,1-2H3,(H,16,19). The Morgan fingerprint density at radius 2 is 2.32 bits per heavy atom. The first-order chi connectivity index (χ1) is 8.97. The van der Waals surface area contributed by atoms with Gasteiger partial charge in [-0.3, -0.25) is 4.79 Å². The monoisotopic (exact) mass is 266 g/mol. The van der Waals surface area contributed by atoms with Crippen molar-refractivity contribution in [3.05, 3.63) is 29.6 Å². The minimum atomic E-state index is -0.672. The topological polar surface area (TPSA) is 52.6 Å². The minimum absolute atomic E-state index is 0.0585. The molecule has 2 atom stereocenters. The molecular weight excluding hydrogens is 247 g/mol.